The zero-order valence-corrected chi connectivity index (χ0v) is 24.1. The Morgan fingerprint density at radius 1 is 0.925 bits per heavy atom. The lowest BCUT2D eigenvalue weighted by atomic mass is 9.89. The Balaban J connectivity index is 1.25. The molecular formula is C32H28ClN3O2S2. The average molecular weight is 586 g/mol. The van der Waals surface area contributed by atoms with Crippen LogP contribution in [0.25, 0.3) is 21.2 Å². The highest BCUT2D eigenvalue weighted by Gasteiger charge is 2.32. The fraction of sp³-hybridized carbons (Fsp3) is 0.219. The van der Waals surface area contributed by atoms with Crippen LogP contribution >= 0.6 is 34.3 Å². The molecule has 0 saturated heterocycles. The molecule has 1 N–H and O–H groups in total. The van der Waals surface area contributed by atoms with Gasteiger partial charge in [-0.1, -0.05) is 54.1 Å². The number of pyridine rings is 1. The largest absolute Gasteiger partial charge is 0.349 e. The van der Waals surface area contributed by atoms with Crippen molar-refractivity contribution in [3.63, 3.8) is 0 Å². The Bertz CT molecular complexity index is 1630. The van der Waals surface area contributed by atoms with E-state index < -0.39 is 0 Å². The number of benzene rings is 2. The van der Waals surface area contributed by atoms with Crippen molar-refractivity contribution in [1.82, 2.24) is 15.2 Å². The Kier molecular flexibility index (Phi) is 7.96. The minimum atomic E-state index is -0.0356. The molecule has 40 heavy (non-hydrogen) atoms. The number of nitrogens with one attached hydrogen (secondary N) is 1. The highest BCUT2D eigenvalue weighted by Crippen LogP contribution is 2.37. The van der Waals surface area contributed by atoms with E-state index in [0.717, 1.165) is 57.3 Å². The number of aromatic nitrogens is 1. The summed E-state index contributed by atoms with van der Waals surface area (Å²) in [6.45, 7) is 0.485. The lowest BCUT2D eigenvalue weighted by molar-refractivity contribution is 0.0598. The van der Waals surface area contributed by atoms with Crippen LogP contribution in [0.5, 0.6) is 0 Å². The van der Waals surface area contributed by atoms with E-state index in [1.54, 1.807) is 12.4 Å². The van der Waals surface area contributed by atoms with Gasteiger partial charge in [0.25, 0.3) is 11.8 Å². The van der Waals surface area contributed by atoms with Gasteiger partial charge in [0.05, 0.1) is 9.90 Å². The average Bonchev–Trinajstić information content (AvgIpc) is 3.66. The van der Waals surface area contributed by atoms with Gasteiger partial charge in [0.1, 0.15) is 4.88 Å². The number of thiophene rings is 2. The molecule has 5 nitrogen and oxygen atoms in total. The van der Waals surface area contributed by atoms with Gasteiger partial charge in [0.15, 0.2) is 0 Å². The quantitative estimate of drug-likeness (QED) is 0.210. The molecule has 8 heteroatoms. The molecule has 1 saturated carbocycles. The third kappa shape index (κ3) is 5.68. The SMILES string of the molecule is O=C(NC1CCC(N(Cc2cccc(-c3ccncc3)c2)C(=O)c2sc3ccccc3c2Cl)CC1)c1cccs1. The van der Waals surface area contributed by atoms with Crippen molar-refractivity contribution < 1.29 is 9.59 Å². The van der Waals surface area contributed by atoms with E-state index in [1.165, 1.54) is 22.7 Å². The number of hydrogen-bond donors (Lipinski definition) is 1. The molecule has 5 aromatic rings. The van der Waals surface area contributed by atoms with E-state index in [9.17, 15) is 9.59 Å². The van der Waals surface area contributed by atoms with Gasteiger partial charge in [-0.15, -0.1) is 22.7 Å². The molecule has 0 radical (unpaired) electrons. The monoisotopic (exact) mass is 585 g/mol. The summed E-state index contributed by atoms with van der Waals surface area (Å²) in [7, 11) is 0. The Hall–Kier alpha value is -3.52. The standard InChI is InChI=1S/C32H28ClN3O2S2/c33-29-26-7-1-2-8-27(26)40-30(29)32(38)36(20-21-5-3-6-23(19-21)22-14-16-34-17-15-22)25-12-10-24(11-13-25)35-31(37)28-9-4-18-39-28/h1-9,14-19,24-25H,10-13,20H2,(H,35,37). The van der Waals surface area contributed by atoms with Gasteiger partial charge in [-0.2, -0.15) is 0 Å². The van der Waals surface area contributed by atoms with Crippen LogP contribution in [-0.2, 0) is 6.54 Å². The first-order chi connectivity index (χ1) is 19.6. The lowest BCUT2D eigenvalue weighted by Gasteiger charge is -2.37. The maximum absolute atomic E-state index is 14.2. The summed E-state index contributed by atoms with van der Waals surface area (Å²) < 4.78 is 1.01. The second-order valence-electron chi connectivity index (χ2n) is 10.1. The van der Waals surface area contributed by atoms with Crippen LogP contribution in [0.3, 0.4) is 0 Å². The predicted octanol–water partition coefficient (Wildman–Crippen LogP) is 8.06. The van der Waals surface area contributed by atoms with Crippen LogP contribution in [0.1, 0.15) is 50.6 Å². The smallest absolute Gasteiger partial charge is 0.266 e. The highest BCUT2D eigenvalue weighted by atomic mass is 35.5. The minimum absolute atomic E-state index is 0.0173. The van der Waals surface area contributed by atoms with Gasteiger partial charge in [-0.25, -0.2) is 0 Å². The topological polar surface area (TPSA) is 62.3 Å². The second kappa shape index (κ2) is 11.9. The molecule has 0 aliphatic heterocycles. The summed E-state index contributed by atoms with van der Waals surface area (Å²) in [6.07, 6.45) is 6.85. The third-order valence-electron chi connectivity index (χ3n) is 7.50. The molecule has 1 aliphatic carbocycles. The fourth-order valence-corrected chi connectivity index (χ4v) is 7.53. The van der Waals surface area contributed by atoms with Gasteiger partial charge in [-0.05, 0) is 78.1 Å². The van der Waals surface area contributed by atoms with E-state index >= 15 is 0 Å². The molecular weight excluding hydrogens is 558 g/mol. The Morgan fingerprint density at radius 3 is 2.48 bits per heavy atom. The Labute approximate surface area is 246 Å². The van der Waals surface area contributed by atoms with Crippen LogP contribution in [-0.4, -0.2) is 33.8 Å². The van der Waals surface area contributed by atoms with Crippen molar-refractivity contribution in [1.29, 1.82) is 0 Å². The summed E-state index contributed by atoms with van der Waals surface area (Å²) in [5.74, 6) is -0.0528. The molecule has 0 atom stereocenters. The Morgan fingerprint density at radius 2 is 1.73 bits per heavy atom. The highest BCUT2D eigenvalue weighted by molar-refractivity contribution is 7.21. The van der Waals surface area contributed by atoms with Crippen LogP contribution in [0.4, 0.5) is 0 Å². The van der Waals surface area contributed by atoms with E-state index in [0.29, 0.717) is 16.4 Å². The van der Waals surface area contributed by atoms with Crippen molar-refractivity contribution in [2.75, 3.05) is 0 Å². The van der Waals surface area contributed by atoms with E-state index in [-0.39, 0.29) is 23.9 Å². The number of carbonyl (C=O) groups excluding carboxylic acids is 2. The third-order valence-corrected chi connectivity index (χ3v) is 10.0. The maximum Gasteiger partial charge on any atom is 0.266 e. The number of carbonyl (C=O) groups is 2. The molecule has 6 rings (SSSR count). The fourth-order valence-electron chi connectivity index (χ4n) is 5.44. The number of amides is 2. The summed E-state index contributed by atoms with van der Waals surface area (Å²) in [6, 6.07) is 24.1. The molecule has 1 aliphatic rings. The summed E-state index contributed by atoms with van der Waals surface area (Å²) in [5.41, 5.74) is 3.24. The van der Waals surface area contributed by atoms with Crippen molar-refractivity contribution >= 4 is 56.2 Å². The molecule has 1 fully saturated rings. The van der Waals surface area contributed by atoms with Gasteiger partial charge in [0.2, 0.25) is 0 Å². The predicted molar refractivity (Wildman–Crippen MR) is 164 cm³/mol. The van der Waals surface area contributed by atoms with Crippen LogP contribution < -0.4 is 5.32 Å². The molecule has 2 amide bonds. The minimum Gasteiger partial charge on any atom is -0.349 e. The normalized spacial score (nSPS) is 17.0. The van der Waals surface area contributed by atoms with Crippen LogP contribution in [0, 0.1) is 0 Å². The van der Waals surface area contributed by atoms with Gasteiger partial charge < -0.3 is 10.2 Å². The maximum atomic E-state index is 14.2. The van der Waals surface area contributed by atoms with Crippen molar-refractivity contribution in [3.8, 4) is 11.1 Å². The van der Waals surface area contributed by atoms with Crippen molar-refractivity contribution in [3.05, 3.63) is 111 Å². The summed E-state index contributed by atoms with van der Waals surface area (Å²) in [4.78, 5) is 34.2. The zero-order valence-electron chi connectivity index (χ0n) is 21.8. The van der Waals surface area contributed by atoms with E-state index in [2.05, 4.69) is 28.5 Å². The first-order valence-electron chi connectivity index (χ1n) is 13.4. The number of halogens is 1. The summed E-state index contributed by atoms with van der Waals surface area (Å²) >= 11 is 9.69. The number of fused-ring (bicyclic) bond motifs is 1. The van der Waals surface area contributed by atoms with E-state index in [1.807, 2.05) is 64.9 Å². The van der Waals surface area contributed by atoms with Gasteiger partial charge in [-0.3, -0.25) is 14.6 Å². The van der Waals surface area contributed by atoms with E-state index in [4.69, 9.17) is 11.6 Å². The second-order valence-corrected chi connectivity index (χ2v) is 12.4. The molecule has 0 spiro atoms. The van der Waals surface area contributed by atoms with Gasteiger partial charge >= 0.3 is 0 Å². The number of rotatable bonds is 7. The molecule has 2 aromatic carbocycles. The molecule has 3 aromatic heterocycles. The first-order valence-corrected chi connectivity index (χ1v) is 15.5. The van der Waals surface area contributed by atoms with Crippen molar-refractivity contribution in [2.45, 2.75) is 44.3 Å². The molecule has 202 valence electrons. The number of nitrogens with zero attached hydrogens (tertiary/aromatic N) is 2. The lowest BCUT2D eigenvalue weighted by Crippen LogP contribution is -2.45. The first kappa shape index (κ1) is 26.7. The van der Waals surface area contributed by atoms with Crippen LogP contribution in [0.2, 0.25) is 5.02 Å². The molecule has 3 heterocycles. The summed E-state index contributed by atoms with van der Waals surface area (Å²) in [5, 5.41) is 6.54. The van der Waals surface area contributed by atoms with Gasteiger partial charge in [0, 0.05) is 41.1 Å². The van der Waals surface area contributed by atoms with Crippen LogP contribution in [0.15, 0.2) is 90.6 Å². The molecule has 0 bridgehead atoms. The molecule has 0 unspecified atom stereocenters. The van der Waals surface area contributed by atoms with Crippen molar-refractivity contribution in [2.24, 2.45) is 0 Å². The zero-order chi connectivity index (χ0) is 27.5. The number of hydrogen-bond acceptors (Lipinski definition) is 5.